The Morgan fingerprint density at radius 3 is 2.70 bits per heavy atom. The van der Waals surface area contributed by atoms with Crippen molar-refractivity contribution >= 4 is 0 Å². The van der Waals surface area contributed by atoms with Crippen molar-refractivity contribution in [3.05, 3.63) is 0 Å². The predicted molar refractivity (Wildman–Crippen MR) is 38.8 cm³/mol. The van der Waals surface area contributed by atoms with Gasteiger partial charge < -0.3 is 15.1 Å². The van der Waals surface area contributed by atoms with Crippen LogP contribution in [0.4, 0.5) is 0 Å². The van der Waals surface area contributed by atoms with E-state index in [1.807, 2.05) is 11.9 Å². The van der Waals surface area contributed by atoms with E-state index in [0.29, 0.717) is 6.54 Å². The molecule has 0 aliphatic carbocycles. The van der Waals surface area contributed by atoms with E-state index in [0.717, 1.165) is 19.4 Å². The van der Waals surface area contributed by atoms with E-state index in [-0.39, 0.29) is 6.61 Å². The van der Waals surface area contributed by atoms with Crippen molar-refractivity contribution in [3.63, 3.8) is 0 Å². The third-order valence-electron chi connectivity index (χ3n) is 2.04. The Morgan fingerprint density at radius 2 is 2.30 bits per heavy atom. The molecule has 0 aromatic carbocycles. The SMILES string of the molecule is CN1CCCC(O)(CO)C1. The van der Waals surface area contributed by atoms with Gasteiger partial charge >= 0.3 is 0 Å². The van der Waals surface area contributed by atoms with Crippen LogP contribution in [0.1, 0.15) is 12.8 Å². The third-order valence-corrected chi connectivity index (χ3v) is 2.04. The minimum absolute atomic E-state index is 0.114. The number of aliphatic hydroxyl groups excluding tert-OH is 1. The van der Waals surface area contributed by atoms with Crippen LogP contribution in [0, 0.1) is 0 Å². The van der Waals surface area contributed by atoms with Crippen LogP contribution in [0.3, 0.4) is 0 Å². The predicted octanol–water partition coefficient (Wildman–Crippen LogP) is -0.565. The van der Waals surface area contributed by atoms with Crippen LogP contribution in [0.15, 0.2) is 0 Å². The summed E-state index contributed by atoms with van der Waals surface area (Å²) in [5.41, 5.74) is -0.826. The highest BCUT2D eigenvalue weighted by Crippen LogP contribution is 2.18. The van der Waals surface area contributed by atoms with E-state index in [2.05, 4.69) is 0 Å². The highest BCUT2D eigenvalue weighted by Gasteiger charge is 2.30. The van der Waals surface area contributed by atoms with Crippen molar-refractivity contribution in [1.82, 2.24) is 4.90 Å². The van der Waals surface area contributed by atoms with E-state index in [1.54, 1.807) is 0 Å². The molecular weight excluding hydrogens is 130 g/mol. The Labute approximate surface area is 61.3 Å². The van der Waals surface area contributed by atoms with Crippen molar-refractivity contribution in [1.29, 1.82) is 0 Å². The van der Waals surface area contributed by atoms with Gasteiger partial charge in [-0.3, -0.25) is 0 Å². The first-order chi connectivity index (χ1) is 4.66. The molecule has 1 aliphatic rings. The van der Waals surface area contributed by atoms with Gasteiger partial charge in [0.1, 0.15) is 5.60 Å². The molecule has 0 amide bonds. The van der Waals surface area contributed by atoms with E-state index >= 15 is 0 Å². The number of rotatable bonds is 1. The molecule has 2 N–H and O–H groups in total. The molecule has 1 atom stereocenters. The molecule has 0 aromatic heterocycles. The lowest BCUT2D eigenvalue weighted by Gasteiger charge is -2.35. The molecule has 0 radical (unpaired) electrons. The zero-order chi connectivity index (χ0) is 7.61. The molecule has 3 nitrogen and oxygen atoms in total. The Morgan fingerprint density at radius 1 is 1.60 bits per heavy atom. The summed E-state index contributed by atoms with van der Waals surface area (Å²) in [6.07, 6.45) is 1.71. The number of nitrogens with zero attached hydrogens (tertiary/aromatic N) is 1. The number of hydrogen-bond donors (Lipinski definition) is 2. The zero-order valence-electron chi connectivity index (χ0n) is 6.38. The molecule has 3 heteroatoms. The van der Waals surface area contributed by atoms with Crippen molar-refractivity contribution < 1.29 is 10.2 Å². The number of piperidine rings is 1. The van der Waals surface area contributed by atoms with Crippen LogP contribution in [-0.4, -0.2) is 47.5 Å². The minimum atomic E-state index is -0.826. The fourth-order valence-corrected chi connectivity index (χ4v) is 1.47. The zero-order valence-corrected chi connectivity index (χ0v) is 6.38. The summed E-state index contributed by atoms with van der Waals surface area (Å²) in [5.74, 6) is 0. The summed E-state index contributed by atoms with van der Waals surface area (Å²) < 4.78 is 0. The lowest BCUT2D eigenvalue weighted by molar-refractivity contribution is -0.0611. The highest BCUT2D eigenvalue weighted by molar-refractivity contribution is 4.84. The largest absolute Gasteiger partial charge is 0.393 e. The summed E-state index contributed by atoms with van der Waals surface area (Å²) in [7, 11) is 1.96. The number of β-amino-alcohol motifs (C(OH)–C–C–N with tert-alkyl or cyclic N) is 1. The maximum atomic E-state index is 9.56. The van der Waals surface area contributed by atoms with Gasteiger partial charge in [0.05, 0.1) is 6.61 Å². The van der Waals surface area contributed by atoms with Crippen LogP contribution in [-0.2, 0) is 0 Å². The molecule has 1 rings (SSSR count). The van der Waals surface area contributed by atoms with Gasteiger partial charge in [-0.15, -0.1) is 0 Å². The summed E-state index contributed by atoms with van der Waals surface area (Å²) in [5, 5.41) is 18.4. The summed E-state index contributed by atoms with van der Waals surface area (Å²) in [4.78, 5) is 2.04. The molecule has 0 aromatic rings. The molecule has 10 heavy (non-hydrogen) atoms. The molecule has 1 heterocycles. The van der Waals surface area contributed by atoms with Crippen LogP contribution < -0.4 is 0 Å². The minimum Gasteiger partial charge on any atom is -0.393 e. The maximum Gasteiger partial charge on any atom is 0.100 e. The number of likely N-dealkylation sites (tertiary alicyclic amines) is 1. The summed E-state index contributed by atoms with van der Waals surface area (Å²) in [6.45, 7) is 1.52. The molecular formula is C7H15NO2. The number of likely N-dealkylation sites (N-methyl/N-ethyl adjacent to an activating group) is 1. The molecule has 0 bridgehead atoms. The van der Waals surface area contributed by atoms with Crippen molar-refractivity contribution in [2.75, 3.05) is 26.7 Å². The molecule has 1 unspecified atom stereocenters. The first-order valence-corrected chi connectivity index (χ1v) is 3.68. The van der Waals surface area contributed by atoms with Crippen LogP contribution in [0.25, 0.3) is 0 Å². The van der Waals surface area contributed by atoms with Gasteiger partial charge in [0.2, 0.25) is 0 Å². The van der Waals surface area contributed by atoms with E-state index in [1.165, 1.54) is 0 Å². The van der Waals surface area contributed by atoms with Crippen LogP contribution in [0.2, 0.25) is 0 Å². The average Bonchev–Trinajstić information content (AvgIpc) is 1.88. The van der Waals surface area contributed by atoms with Gasteiger partial charge in [-0.05, 0) is 26.4 Å². The second-order valence-electron chi connectivity index (χ2n) is 3.22. The number of hydrogen-bond acceptors (Lipinski definition) is 3. The van der Waals surface area contributed by atoms with Gasteiger partial charge in [0.25, 0.3) is 0 Å². The van der Waals surface area contributed by atoms with E-state index < -0.39 is 5.60 Å². The number of aliphatic hydroxyl groups is 2. The quantitative estimate of drug-likeness (QED) is 0.519. The second-order valence-corrected chi connectivity index (χ2v) is 3.22. The van der Waals surface area contributed by atoms with Gasteiger partial charge in [0.15, 0.2) is 0 Å². The monoisotopic (exact) mass is 145 g/mol. The standard InChI is InChI=1S/C7H15NO2/c1-8-4-2-3-7(10,5-8)6-9/h9-10H,2-6H2,1H3. The smallest absolute Gasteiger partial charge is 0.100 e. The van der Waals surface area contributed by atoms with Gasteiger partial charge in [-0.2, -0.15) is 0 Å². The Balaban J connectivity index is 2.45. The van der Waals surface area contributed by atoms with E-state index in [9.17, 15) is 5.11 Å². The van der Waals surface area contributed by atoms with Crippen LogP contribution in [0.5, 0.6) is 0 Å². The lowest BCUT2D eigenvalue weighted by atomic mass is 9.94. The third kappa shape index (κ3) is 1.68. The highest BCUT2D eigenvalue weighted by atomic mass is 16.3. The maximum absolute atomic E-state index is 9.56. The first-order valence-electron chi connectivity index (χ1n) is 3.68. The Bertz CT molecular complexity index is 118. The summed E-state index contributed by atoms with van der Waals surface area (Å²) >= 11 is 0. The molecule has 1 aliphatic heterocycles. The van der Waals surface area contributed by atoms with Gasteiger partial charge in [-0.25, -0.2) is 0 Å². The summed E-state index contributed by atoms with van der Waals surface area (Å²) in [6, 6.07) is 0. The normalized spacial score (nSPS) is 36.3. The fraction of sp³-hybridized carbons (Fsp3) is 1.00. The molecule has 1 saturated heterocycles. The molecule has 0 spiro atoms. The van der Waals surface area contributed by atoms with Crippen LogP contribution >= 0.6 is 0 Å². The topological polar surface area (TPSA) is 43.7 Å². The van der Waals surface area contributed by atoms with E-state index in [4.69, 9.17) is 5.11 Å². The van der Waals surface area contributed by atoms with Gasteiger partial charge in [-0.1, -0.05) is 0 Å². The Kier molecular flexibility index (Phi) is 2.28. The lowest BCUT2D eigenvalue weighted by Crippen LogP contribution is -2.48. The molecule has 1 fully saturated rings. The van der Waals surface area contributed by atoms with Crippen molar-refractivity contribution in [3.8, 4) is 0 Å². The fourth-order valence-electron chi connectivity index (χ4n) is 1.47. The second kappa shape index (κ2) is 2.86. The van der Waals surface area contributed by atoms with Crippen molar-refractivity contribution in [2.45, 2.75) is 18.4 Å². The molecule has 60 valence electrons. The average molecular weight is 145 g/mol. The molecule has 0 saturated carbocycles. The van der Waals surface area contributed by atoms with Gasteiger partial charge in [0, 0.05) is 6.54 Å². The first kappa shape index (κ1) is 7.98. The Hall–Kier alpha value is -0.120. The van der Waals surface area contributed by atoms with Crippen molar-refractivity contribution in [2.24, 2.45) is 0 Å².